The lowest BCUT2D eigenvalue weighted by atomic mass is 10.2. The van der Waals surface area contributed by atoms with Crippen LogP contribution in [0.1, 0.15) is 15.9 Å². The molecule has 4 nitrogen and oxygen atoms in total. The minimum absolute atomic E-state index is 0.366. The van der Waals surface area contributed by atoms with Crippen LogP contribution in [-0.4, -0.2) is 23.0 Å². The Morgan fingerprint density at radius 1 is 0.806 bits per heavy atom. The molecule has 0 bridgehead atoms. The van der Waals surface area contributed by atoms with Gasteiger partial charge in [0.1, 0.15) is 10.1 Å². The molecule has 1 aromatic heterocycles. The normalized spacial score (nSPS) is 10.6. The van der Waals surface area contributed by atoms with Crippen LogP contribution in [0.3, 0.4) is 0 Å². The van der Waals surface area contributed by atoms with Gasteiger partial charge in [0, 0.05) is 21.4 Å². The number of ether oxygens (including phenoxy) is 1. The first-order chi connectivity index (χ1) is 15.1. The monoisotopic (exact) mass is 444 g/mol. The van der Waals surface area contributed by atoms with Gasteiger partial charge in [-0.3, -0.25) is 0 Å². The Hall–Kier alpha value is -3.09. The summed E-state index contributed by atoms with van der Waals surface area (Å²) in [5.41, 5.74) is 2.67. The molecule has 31 heavy (non-hydrogen) atoms. The molecule has 0 aliphatic rings. The van der Waals surface area contributed by atoms with Crippen molar-refractivity contribution < 1.29 is 9.53 Å². The van der Waals surface area contributed by atoms with E-state index in [-0.39, 0.29) is 5.97 Å². The highest BCUT2D eigenvalue weighted by atomic mass is 32.2. The van der Waals surface area contributed by atoms with Crippen LogP contribution in [0.15, 0.2) is 105 Å². The molecule has 0 unspecified atom stereocenters. The molecule has 0 aliphatic heterocycles. The van der Waals surface area contributed by atoms with Gasteiger partial charge >= 0.3 is 5.97 Å². The van der Waals surface area contributed by atoms with E-state index >= 15 is 0 Å². The molecule has 0 spiro atoms. The first kappa shape index (κ1) is 21.2. The molecule has 4 aromatic rings. The van der Waals surface area contributed by atoms with Gasteiger partial charge < -0.3 is 4.74 Å². The number of carbonyl (C=O) groups is 1. The third kappa shape index (κ3) is 5.34. The van der Waals surface area contributed by atoms with Crippen LogP contribution in [0.2, 0.25) is 0 Å². The largest absolute Gasteiger partial charge is 0.465 e. The first-order valence-electron chi connectivity index (χ1n) is 9.66. The van der Waals surface area contributed by atoms with Crippen molar-refractivity contribution in [3.8, 4) is 11.4 Å². The summed E-state index contributed by atoms with van der Waals surface area (Å²) < 4.78 is 4.93. The van der Waals surface area contributed by atoms with E-state index in [2.05, 4.69) is 31.2 Å². The van der Waals surface area contributed by atoms with Crippen LogP contribution < -0.4 is 0 Å². The summed E-state index contributed by atoms with van der Waals surface area (Å²) in [5, 5.41) is 1.61. The maximum atomic E-state index is 12.2. The molecule has 0 saturated carbocycles. The lowest BCUT2D eigenvalue weighted by Crippen LogP contribution is -2.03. The van der Waals surface area contributed by atoms with Crippen LogP contribution in [0.4, 0.5) is 0 Å². The Kier molecular flexibility index (Phi) is 6.70. The van der Waals surface area contributed by atoms with Crippen molar-refractivity contribution in [2.45, 2.75) is 26.8 Å². The molecule has 6 heteroatoms. The van der Waals surface area contributed by atoms with Crippen LogP contribution in [0.5, 0.6) is 0 Å². The van der Waals surface area contributed by atoms with E-state index in [1.807, 2.05) is 54.6 Å². The zero-order valence-electron chi connectivity index (χ0n) is 17.1. The van der Waals surface area contributed by atoms with Crippen molar-refractivity contribution in [1.82, 2.24) is 9.97 Å². The van der Waals surface area contributed by atoms with Crippen molar-refractivity contribution in [2.75, 3.05) is 7.11 Å². The van der Waals surface area contributed by atoms with Crippen LogP contribution in [0.25, 0.3) is 11.4 Å². The Morgan fingerprint density at radius 2 is 1.45 bits per heavy atom. The highest BCUT2D eigenvalue weighted by Gasteiger charge is 2.15. The molecule has 3 aromatic carbocycles. The van der Waals surface area contributed by atoms with Crippen molar-refractivity contribution >= 4 is 29.5 Å². The van der Waals surface area contributed by atoms with E-state index in [0.717, 1.165) is 25.4 Å². The van der Waals surface area contributed by atoms with E-state index in [4.69, 9.17) is 14.7 Å². The Morgan fingerprint density at radius 3 is 2.16 bits per heavy atom. The molecule has 0 fully saturated rings. The minimum Gasteiger partial charge on any atom is -0.465 e. The number of benzene rings is 3. The van der Waals surface area contributed by atoms with E-state index in [0.29, 0.717) is 11.4 Å². The topological polar surface area (TPSA) is 52.1 Å². The number of aryl methyl sites for hydroxylation is 1. The smallest absolute Gasteiger partial charge is 0.339 e. The summed E-state index contributed by atoms with van der Waals surface area (Å²) in [6.07, 6.45) is 0. The van der Waals surface area contributed by atoms with E-state index < -0.39 is 0 Å². The standard InChI is InChI=1S/C25H20N2O2S2/c1-17-12-14-19(15-13-17)30-22-16-23(27-24(26-22)18-8-4-3-5-9-18)31-21-11-7-6-10-20(21)25(28)29-2/h3-16H,1-2H3. The van der Waals surface area contributed by atoms with Crippen molar-refractivity contribution in [1.29, 1.82) is 0 Å². The number of nitrogens with zero attached hydrogens (tertiary/aromatic N) is 2. The van der Waals surface area contributed by atoms with Gasteiger partial charge in [-0.2, -0.15) is 0 Å². The van der Waals surface area contributed by atoms with Gasteiger partial charge in [0.2, 0.25) is 0 Å². The third-order valence-corrected chi connectivity index (χ3v) is 6.38. The summed E-state index contributed by atoms with van der Waals surface area (Å²) in [6, 6.07) is 27.6. The van der Waals surface area contributed by atoms with Crippen LogP contribution in [-0.2, 0) is 4.74 Å². The summed E-state index contributed by atoms with van der Waals surface area (Å²) >= 11 is 3.02. The number of hydrogen-bond donors (Lipinski definition) is 0. The Labute approximate surface area is 190 Å². The predicted octanol–water partition coefficient (Wildman–Crippen LogP) is 6.54. The van der Waals surface area contributed by atoms with E-state index in [9.17, 15) is 4.79 Å². The highest BCUT2D eigenvalue weighted by Crippen LogP contribution is 2.35. The Balaban J connectivity index is 1.73. The predicted molar refractivity (Wildman–Crippen MR) is 125 cm³/mol. The average molecular weight is 445 g/mol. The molecule has 0 amide bonds. The number of aromatic nitrogens is 2. The van der Waals surface area contributed by atoms with E-state index in [1.165, 1.54) is 24.4 Å². The molecular formula is C25H20N2O2S2. The SMILES string of the molecule is COC(=O)c1ccccc1Sc1cc(Sc2ccc(C)cc2)nc(-c2ccccc2)n1. The fourth-order valence-electron chi connectivity index (χ4n) is 2.90. The second-order valence-corrected chi connectivity index (χ2v) is 8.90. The first-order valence-corrected chi connectivity index (χ1v) is 11.3. The summed E-state index contributed by atoms with van der Waals surface area (Å²) in [5.74, 6) is 0.283. The summed E-state index contributed by atoms with van der Waals surface area (Å²) in [7, 11) is 1.39. The average Bonchev–Trinajstić information content (AvgIpc) is 2.81. The molecule has 0 radical (unpaired) electrons. The lowest BCUT2D eigenvalue weighted by molar-refractivity contribution is 0.0597. The maximum absolute atomic E-state index is 12.2. The number of rotatable bonds is 6. The number of methoxy groups -OCH3 is 1. The quantitative estimate of drug-likeness (QED) is 0.249. The van der Waals surface area contributed by atoms with Gasteiger partial charge in [0.25, 0.3) is 0 Å². The zero-order valence-corrected chi connectivity index (χ0v) is 18.7. The fourth-order valence-corrected chi connectivity index (χ4v) is 4.73. The summed E-state index contributed by atoms with van der Waals surface area (Å²) in [6.45, 7) is 2.07. The number of carbonyl (C=O) groups excluding carboxylic acids is 1. The minimum atomic E-state index is -0.366. The van der Waals surface area contributed by atoms with Crippen LogP contribution >= 0.6 is 23.5 Å². The summed E-state index contributed by atoms with van der Waals surface area (Å²) in [4.78, 5) is 23.6. The van der Waals surface area contributed by atoms with Gasteiger partial charge in [-0.1, -0.05) is 83.7 Å². The van der Waals surface area contributed by atoms with Crippen LogP contribution in [0, 0.1) is 6.92 Å². The van der Waals surface area contributed by atoms with E-state index in [1.54, 1.807) is 17.8 Å². The van der Waals surface area contributed by atoms with Crippen molar-refractivity contribution in [3.05, 3.63) is 96.1 Å². The zero-order chi connectivity index (χ0) is 21.6. The molecule has 0 aliphatic carbocycles. The molecule has 0 saturated heterocycles. The van der Waals surface area contributed by atoms with Gasteiger partial charge in [-0.15, -0.1) is 0 Å². The van der Waals surface area contributed by atoms with Gasteiger partial charge in [0.15, 0.2) is 5.82 Å². The number of hydrogen-bond acceptors (Lipinski definition) is 6. The Bertz CT molecular complexity index is 1200. The molecule has 0 N–H and O–H groups in total. The number of esters is 1. The third-order valence-electron chi connectivity index (χ3n) is 4.46. The van der Waals surface area contributed by atoms with Crippen molar-refractivity contribution in [3.63, 3.8) is 0 Å². The second-order valence-electron chi connectivity index (χ2n) is 6.74. The molecule has 4 rings (SSSR count). The highest BCUT2D eigenvalue weighted by molar-refractivity contribution is 8.00. The second kappa shape index (κ2) is 9.81. The molecular weight excluding hydrogens is 424 g/mol. The fraction of sp³-hybridized carbons (Fsp3) is 0.0800. The lowest BCUT2D eigenvalue weighted by Gasteiger charge is -2.10. The van der Waals surface area contributed by atoms with Gasteiger partial charge in [0.05, 0.1) is 12.7 Å². The van der Waals surface area contributed by atoms with Gasteiger partial charge in [-0.25, -0.2) is 14.8 Å². The van der Waals surface area contributed by atoms with Crippen molar-refractivity contribution in [2.24, 2.45) is 0 Å². The van der Waals surface area contributed by atoms with Gasteiger partial charge in [-0.05, 0) is 31.2 Å². The molecule has 1 heterocycles. The molecule has 0 atom stereocenters. The molecule has 154 valence electrons. The maximum Gasteiger partial charge on any atom is 0.339 e.